The molecule has 4 heteroatoms. The van der Waals surface area contributed by atoms with Crippen LogP contribution in [0.4, 0.5) is 5.82 Å². The minimum absolute atomic E-state index is 0.758. The lowest BCUT2D eigenvalue weighted by Gasteiger charge is -1.99. The molecule has 1 N–H and O–H groups in total. The van der Waals surface area contributed by atoms with Crippen molar-refractivity contribution in [2.45, 2.75) is 6.92 Å². The Morgan fingerprint density at radius 3 is 2.93 bits per heavy atom. The van der Waals surface area contributed by atoms with Gasteiger partial charge in [0.05, 0.1) is 5.71 Å². The second kappa shape index (κ2) is 4.70. The van der Waals surface area contributed by atoms with Crippen molar-refractivity contribution in [2.24, 2.45) is 5.10 Å². The third-order valence-corrected chi connectivity index (χ3v) is 2.86. The zero-order valence-electron chi connectivity index (χ0n) is 8.34. The SMILES string of the molecule is C/C(=N\Nc1ccccn1)c1cccs1. The Kier molecular flexibility index (Phi) is 3.09. The van der Waals surface area contributed by atoms with Gasteiger partial charge < -0.3 is 0 Å². The quantitative estimate of drug-likeness (QED) is 0.634. The Labute approximate surface area is 92.5 Å². The number of pyridine rings is 1. The maximum atomic E-state index is 4.25. The molecule has 0 fully saturated rings. The molecule has 3 nitrogen and oxygen atoms in total. The van der Waals surface area contributed by atoms with Crippen LogP contribution in [0.1, 0.15) is 11.8 Å². The standard InChI is InChI=1S/C11H11N3S/c1-9(10-5-4-8-15-10)13-14-11-6-2-3-7-12-11/h2-8H,1H3,(H,12,14)/b13-9+. The van der Waals surface area contributed by atoms with Gasteiger partial charge in [-0.2, -0.15) is 5.10 Å². The molecule has 0 bridgehead atoms. The first-order valence-corrected chi connectivity index (χ1v) is 5.49. The minimum atomic E-state index is 0.758. The van der Waals surface area contributed by atoms with Gasteiger partial charge in [-0.15, -0.1) is 11.3 Å². The zero-order chi connectivity index (χ0) is 10.5. The summed E-state index contributed by atoms with van der Waals surface area (Å²) in [6.45, 7) is 1.97. The molecule has 76 valence electrons. The second-order valence-electron chi connectivity index (χ2n) is 3.00. The highest BCUT2D eigenvalue weighted by atomic mass is 32.1. The van der Waals surface area contributed by atoms with E-state index in [1.165, 1.54) is 4.88 Å². The number of hydrogen-bond donors (Lipinski definition) is 1. The predicted octanol–water partition coefficient (Wildman–Crippen LogP) is 2.98. The van der Waals surface area contributed by atoms with Gasteiger partial charge in [0.2, 0.25) is 0 Å². The normalized spacial score (nSPS) is 11.4. The molecule has 0 aliphatic carbocycles. The van der Waals surface area contributed by atoms with Gasteiger partial charge >= 0.3 is 0 Å². The van der Waals surface area contributed by atoms with E-state index in [0.717, 1.165) is 11.5 Å². The molecule has 0 radical (unpaired) electrons. The van der Waals surface area contributed by atoms with Gasteiger partial charge in [0.15, 0.2) is 0 Å². The number of hydrogen-bond acceptors (Lipinski definition) is 4. The summed E-state index contributed by atoms with van der Waals surface area (Å²) in [5.41, 5.74) is 3.88. The fourth-order valence-corrected chi connectivity index (χ4v) is 1.79. The van der Waals surface area contributed by atoms with Crippen LogP contribution in [0.25, 0.3) is 0 Å². The second-order valence-corrected chi connectivity index (χ2v) is 3.95. The van der Waals surface area contributed by atoms with Crippen LogP contribution in [0.15, 0.2) is 47.0 Å². The van der Waals surface area contributed by atoms with E-state index in [4.69, 9.17) is 0 Å². The third kappa shape index (κ3) is 2.63. The van der Waals surface area contributed by atoms with Crippen LogP contribution >= 0.6 is 11.3 Å². The van der Waals surface area contributed by atoms with Crippen molar-refractivity contribution in [1.29, 1.82) is 0 Å². The number of nitrogens with one attached hydrogen (secondary N) is 1. The van der Waals surface area contributed by atoms with Crippen molar-refractivity contribution >= 4 is 22.9 Å². The highest BCUT2D eigenvalue weighted by Gasteiger charge is 1.97. The molecule has 0 saturated heterocycles. The van der Waals surface area contributed by atoms with E-state index in [1.54, 1.807) is 17.5 Å². The molecule has 0 spiro atoms. The lowest BCUT2D eigenvalue weighted by Crippen LogP contribution is -1.98. The van der Waals surface area contributed by atoms with Crippen LogP contribution in [-0.4, -0.2) is 10.7 Å². The maximum absolute atomic E-state index is 4.25. The number of hydrazone groups is 1. The van der Waals surface area contributed by atoms with Gasteiger partial charge in [-0.05, 0) is 30.5 Å². The minimum Gasteiger partial charge on any atom is -0.261 e. The number of anilines is 1. The van der Waals surface area contributed by atoms with Gasteiger partial charge in [0.25, 0.3) is 0 Å². The summed E-state index contributed by atoms with van der Waals surface area (Å²) in [7, 11) is 0. The molecule has 0 aliphatic rings. The monoisotopic (exact) mass is 217 g/mol. The van der Waals surface area contributed by atoms with Crippen molar-refractivity contribution in [3.8, 4) is 0 Å². The van der Waals surface area contributed by atoms with Gasteiger partial charge in [-0.3, -0.25) is 5.43 Å². The predicted molar refractivity (Wildman–Crippen MR) is 64.4 cm³/mol. The van der Waals surface area contributed by atoms with Crippen molar-refractivity contribution in [3.05, 3.63) is 46.8 Å². The summed E-state index contributed by atoms with van der Waals surface area (Å²) in [5.74, 6) is 0.758. The van der Waals surface area contributed by atoms with Crippen molar-refractivity contribution < 1.29 is 0 Å². The first kappa shape index (κ1) is 9.86. The summed E-state index contributed by atoms with van der Waals surface area (Å²) < 4.78 is 0. The van der Waals surface area contributed by atoms with Gasteiger partial charge in [-0.1, -0.05) is 12.1 Å². The van der Waals surface area contributed by atoms with Gasteiger partial charge in [0.1, 0.15) is 5.82 Å². The first-order chi connectivity index (χ1) is 7.36. The molecule has 0 aliphatic heterocycles. The van der Waals surface area contributed by atoms with Crippen molar-refractivity contribution in [3.63, 3.8) is 0 Å². The highest BCUT2D eigenvalue weighted by molar-refractivity contribution is 7.12. The Bertz CT molecular complexity index is 434. The van der Waals surface area contributed by atoms with Crippen LogP contribution in [-0.2, 0) is 0 Å². The number of nitrogens with zero attached hydrogens (tertiary/aromatic N) is 2. The fourth-order valence-electron chi connectivity index (χ4n) is 1.11. The molecule has 2 heterocycles. The number of rotatable bonds is 3. The fraction of sp³-hybridized carbons (Fsp3) is 0.0909. The molecule has 0 aromatic carbocycles. The summed E-state index contributed by atoms with van der Waals surface area (Å²) in [6, 6.07) is 9.74. The summed E-state index contributed by atoms with van der Waals surface area (Å²) in [5, 5.41) is 6.29. The lowest BCUT2D eigenvalue weighted by atomic mass is 10.3. The van der Waals surface area contributed by atoms with Gasteiger partial charge in [-0.25, -0.2) is 4.98 Å². The zero-order valence-corrected chi connectivity index (χ0v) is 9.16. The average molecular weight is 217 g/mol. The smallest absolute Gasteiger partial charge is 0.146 e. The number of aromatic nitrogens is 1. The Morgan fingerprint density at radius 2 is 2.27 bits per heavy atom. The van der Waals surface area contributed by atoms with Crippen LogP contribution in [0.5, 0.6) is 0 Å². The molecule has 15 heavy (non-hydrogen) atoms. The molecule has 0 atom stereocenters. The molecule has 0 saturated carbocycles. The molecule has 0 unspecified atom stereocenters. The summed E-state index contributed by atoms with van der Waals surface area (Å²) in [4.78, 5) is 5.28. The molecular weight excluding hydrogens is 206 g/mol. The summed E-state index contributed by atoms with van der Waals surface area (Å²) in [6.07, 6.45) is 1.73. The van der Waals surface area contributed by atoms with E-state index in [0.29, 0.717) is 0 Å². The molecule has 0 amide bonds. The highest BCUT2D eigenvalue weighted by Crippen LogP contribution is 2.10. The summed E-state index contributed by atoms with van der Waals surface area (Å²) >= 11 is 1.67. The first-order valence-electron chi connectivity index (χ1n) is 4.61. The number of thiophene rings is 1. The lowest BCUT2D eigenvalue weighted by molar-refractivity contribution is 1.22. The Balaban J connectivity index is 2.06. The topological polar surface area (TPSA) is 37.3 Å². The van der Waals surface area contributed by atoms with E-state index in [2.05, 4.69) is 15.5 Å². The van der Waals surface area contributed by atoms with Crippen LogP contribution in [0.3, 0.4) is 0 Å². The van der Waals surface area contributed by atoms with Crippen LogP contribution in [0.2, 0.25) is 0 Å². The van der Waals surface area contributed by atoms with E-state index < -0.39 is 0 Å². The van der Waals surface area contributed by atoms with E-state index in [9.17, 15) is 0 Å². The third-order valence-electron chi connectivity index (χ3n) is 1.88. The van der Waals surface area contributed by atoms with Crippen LogP contribution in [0, 0.1) is 0 Å². The Morgan fingerprint density at radius 1 is 1.33 bits per heavy atom. The van der Waals surface area contributed by atoms with Crippen LogP contribution < -0.4 is 5.43 Å². The molecular formula is C11H11N3S. The molecule has 2 aromatic heterocycles. The van der Waals surface area contributed by atoms with E-state index in [-0.39, 0.29) is 0 Å². The van der Waals surface area contributed by atoms with Gasteiger partial charge in [0, 0.05) is 11.1 Å². The van der Waals surface area contributed by atoms with Crippen molar-refractivity contribution in [1.82, 2.24) is 4.98 Å². The average Bonchev–Trinajstić information content (AvgIpc) is 2.81. The molecule has 2 rings (SSSR count). The van der Waals surface area contributed by atoms with Crippen molar-refractivity contribution in [2.75, 3.05) is 5.43 Å². The Hall–Kier alpha value is -1.68. The van der Waals surface area contributed by atoms with E-state index >= 15 is 0 Å². The maximum Gasteiger partial charge on any atom is 0.146 e. The van der Waals surface area contributed by atoms with E-state index in [1.807, 2.05) is 42.6 Å². The largest absolute Gasteiger partial charge is 0.261 e. The molecule has 2 aromatic rings.